The number of amides is 1. The van der Waals surface area contributed by atoms with E-state index in [0.717, 1.165) is 0 Å². The molecule has 7 nitrogen and oxygen atoms in total. The van der Waals surface area contributed by atoms with Gasteiger partial charge in [0.15, 0.2) is 0 Å². The fourth-order valence-electron chi connectivity index (χ4n) is 1.51. The molecule has 18 heavy (non-hydrogen) atoms. The van der Waals surface area contributed by atoms with Crippen molar-refractivity contribution in [2.45, 2.75) is 12.6 Å². The largest absolute Gasteiger partial charge is 0.439 e. The van der Waals surface area contributed by atoms with Gasteiger partial charge in [-0.15, -0.1) is 5.10 Å². The first kappa shape index (κ1) is 12.3. The van der Waals surface area contributed by atoms with E-state index in [0.29, 0.717) is 10.6 Å². The van der Waals surface area contributed by atoms with E-state index in [-0.39, 0.29) is 6.54 Å². The van der Waals surface area contributed by atoms with Crippen molar-refractivity contribution in [3.05, 3.63) is 41.2 Å². The van der Waals surface area contributed by atoms with Crippen molar-refractivity contribution < 1.29 is 9.53 Å². The van der Waals surface area contributed by atoms with E-state index in [1.165, 1.54) is 11.0 Å². The quantitative estimate of drug-likeness (QED) is 0.897. The molecule has 1 atom stereocenters. The molecule has 2 N–H and O–H groups in total. The van der Waals surface area contributed by atoms with E-state index < -0.39 is 12.2 Å². The Hall–Kier alpha value is -2.15. The number of carbonyl (C=O) groups is 1. The summed E-state index contributed by atoms with van der Waals surface area (Å²) in [5.74, 6) is 0. The van der Waals surface area contributed by atoms with E-state index in [4.69, 9.17) is 22.1 Å². The topological polar surface area (TPSA) is 95.9 Å². The minimum atomic E-state index is -0.881. The number of nitrogens with two attached hydrogens (primary N) is 1. The van der Waals surface area contributed by atoms with Crippen molar-refractivity contribution in [1.29, 1.82) is 0 Å². The van der Waals surface area contributed by atoms with Gasteiger partial charge in [-0.1, -0.05) is 29.8 Å². The number of rotatable bonds is 4. The number of aromatic nitrogens is 4. The number of halogens is 1. The highest BCUT2D eigenvalue weighted by molar-refractivity contribution is 6.31. The van der Waals surface area contributed by atoms with Crippen LogP contribution in [0.15, 0.2) is 30.6 Å². The molecule has 0 saturated carbocycles. The Kier molecular flexibility index (Phi) is 3.73. The van der Waals surface area contributed by atoms with Gasteiger partial charge in [0.05, 0.1) is 6.54 Å². The lowest BCUT2D eigenvalue weighted by Crippen LogP contribution is -2.21. The van der Waals surface area contributed by atoms with Gasteiger partial charge in [-0.3, -0.25) is 0 Å². The van der Waals surface area contributed by atoms with Crippen LogP contribution >= 0.6 is 11.6 Å². The van der Waals surface area contributed by atoms with E-state index in [2.05, 4.69) is 15.5 Å². The van der Waals surface area contributed by atoms with Crippen LogP contribution in [0.5, 0.6) is 0 Å². The summed E-state index contributed by atoms with van der Waals surface area (Å²) >= 11 is 6.05. The van der Waals surface area contributed by atoms with E-state index in [1.54, 1.807) is 24.3 Å². The molecule has 1 aromatic carbocycles. The van der Waals surface area contributed by atoms with Gasteiger partial charge in [0.2, 0.25) is 0 Å². The number of nitrogens with zero attached hydrogens (tertiary/aromatic N) is 4. The highest BCUT2D eigenvalue weighted by Crippen LogP contribution is 2.26. The van der Waals surface area contributed by atoms with Crippen molar-refractivity contribution in [2.75, 3.05) is 0 Å². The predicted octanol–water partition coefficient (Wildman–Crippen LogP) is 1.16. The van der Waals surface area contributed by atoms with Crippen LogP contribution in [0.1, 0.15) is 11.7 Å². The summed E-state index contributed by atoms with van der Waals surface area (Å²) in [6.07, 6.45) is -0.110. The Morgan fingerprint density at radius 1 is 1.50 bits per heavy atom. The second kappa shape index (κ2) is 5.46. The first-order valence-corrected chi connectivity index (χ1v) is 5.46. The standard InChI is InChI=1S/C10H10ClN5O2/c11-8-4-2-1-3-7(8)9(18-10(12)17)5-16-6-13-14-15-16/h1-4,6,9H,5H2,(H2,12,17)/t9-/m1/s1. The molecular formula is C10H10ClN5O2. The highest BCUT2D eigenvalue weighted by Gasteiger charge is 2.19. The number of primary amides is 1. The normalized spacial score (nSPS) is 12.1. The van der Waals surface area contributed by atoms with Crippen LogP contribution in [-0.4, -0.2) is 26.3 Å². The van der Waals surface area contributed by atoms with Gasteiger partial charge >= 0.3 is 6.09 Å². The Balaban J connectivity index is 2.25. The number of ether oxygens (including phenoxy) is 1. The molecule has 0 fully saturated rings. The maximum absolute atomic E-state index is 10.9. The highest BCUT2D eigenvalue weighted by atomic mass is 35.5. The van der Waals surface area contributed by atoms with E-state index in [9.17, 15) is 4.79 Å². The summed E-state index contributed by atoms with van der Waals surface area (Å²) in [5.41, 5.74) is 5.69. The fraction of sp³-hybridized carbons (Fsp3) is 0.200. The fourth-order valence-corrected chi connectivity index (χ4v) is 1.77. The van der Waals surface area contributed by atoms with Crippen LogP contribution in [0.4, 0.5) is 4.79 Å². The molecule has 0 aliphatic carbocycles. The molecule has 0 spiro atoms. The number of hydrogen-bond donors (Lipinski definition) is 1. The van der Waals surface area contributed by atoms with Crippen LogP contribution in [0.25, 0.3) is 0 Å². The summed E-state index contributed by atoms with van der Waals surface area (Å²) in [7, 11) is 0. The van der Waals surface area contributed by atoms with Crippen molar-refractivity contribution in [3.63, 3.8) is 0 Å². The molecule has 8 heteroatoms. The minimum Gasteiger partial charge on any atom is -0.439 e. The van der Waals surface area contributed by atoms with Crippen LogP contribution in [0.3, 0.4) is 0 Å². The first-order chi connectivity index (χ1) is 8.66. The molecule has 0 radical (unpaired) electrons. The summed E-state index contributed by atoms with van der Waals surface area (Å²) in [6, 6.07) is 7.02. The maximum Gasteiger partial charge on any atom is 0.405 e. The average molecular weight is 268 g/mol. The number of benzene rings is 1. The Labute approximate surface area is 107 Å². The second-order valence-electron chi connectivity index (χ2n) is 3.48. The maximum atomic E-state index is 10.9. The Morgan fingerprint density at radius 2 is 2.28 bits per heavy atom. The molecule has 1 amide bonds. The second-order valence-corrected chi connectivity index (χ2v) is 3.89. The zero-order valence-corrected chi connectivity index (χ0v) is 9.99. The van der Waals surface area contributed by atoms with Gasteiger partial charge < -0.3 is 10.5 Å². The minimum absolute atomic E-state index is 0.236. The first-order valence-electron chi connectivity index (χ1n) is 5.08. The summed E-state index contributed by atoms with van der Waals surface area (Å²) < 4.78 is 6.46. The molecule has 0 bridgehead atoms. The van der Waals surface area contributed by atoms with E-state index in [1.807, 2.05) is 0 Å². The van der Waals surface area contributed by atoms with Gasteiger partial charge in [-0.2, -0.15) is 0 Å². The van der Waals surface area contributed by atoms with Crippen LogP contribution in [0.2, 0.25) is 5.02 Å². The molecule has 0 aliphatic heterocycles. The number of tetrazole rings is 1. The smallest absolute Gasteiger partial charge is 0.405 e. The van der Waals surface area contributed by atoms with Crippen molar-refractivity contribution in [3.8, 4) is 0 Å². The number of carbonyl (C=O) groups excluding carboxylic acids is 1. The molecule has 94 valence electrons. The molecule has 1 heterocycles. The molecule has 0 aliphatic rings. The summed E-state index contributed by atoms with van der Waals surface area (Å²) in [5, 5.41) is 11.2. The third-order valence-electron chi connectivity index (χ3n) is 2.25. The van der Waals surface area contributed by atoms with Gasteiger partial charge in [0.25, 0.3) is 0 Å². The van der Waals surface area contributed by atoms with Crippen molar-refractivity contribution in [1.82, 2.24) is 20.2 Å². The predicted molar refractivity (Wildman–Crippen MR) is 62.7 cm³/mol. The SMILES string of the molecule is NC(=O)O[C@H](Cn1cnnn1)c1ccccc1Cl. The van der Waals surface area contributed by atoms with Crippen LogP contribution in [-0.2, 0) is 11.3 Å². The Morgan fingerprint density at radius 3 is 2.89 bits per heavy atom. The lowest BCUT2D eigenvalue weighted by atomic mass is 10.1. The molecule has 2 aromatic rings. The van der Waals surface area contributed by atoms with Gasteiger partial charge in [0, 0.05) is 10.6 Å². The van der Waals surface area contributed by atoms with Crippen LogP contribution in [0, 0.1) is 0 Å². The molecule has 0 saturated heterocycles. The number of hydrogen-bond acceptors (Lipinski definition) is 5. The molecule has 2 rings (SSSR count). The third-order valence-corrected chi connectivity index (χ3v) is 2.60. The zero-order valence-electron chi connectivity index (χ0n) is 9.23. The third kappa shape index (κ3) is 2.95. The molecule has 1 aromatic heterocycles. The lowest BCUT2D eigenvalue weighted by molar-refractivity contribution is 0.0930. The van der Waals surface area contributed by atoms with Crippen molar-refractivity contribution >= 4 is 17.7 Å². The van der Waals surface area contributed by atoms with Gasteiger partial charge in [0.1, 0.15) is 12.4 Å². The Bertz CT molecular complexity index is 531. The van der Waals surface area contributed by atoms with Crippen LogP contribution < -0.4 is 5.73 Å². The molecule has 0 unspecified atom stereocenters. The van der Waals surface area contributed by atoms with Crippen molar-refractivity contribution in [2.24, 2.45) is 5.73 Å². The summed E-state index contributed by atoms with van der Waals surface area (Å²) in [6.45, 7) is 0.236. The molecular weight excluding hydrogens is 258 g/mol. The average Bonchev–Trinajstić information content (AvgIpc) is 2.81. The lowest BCUT2D eigenvalue weighted by Gasteiger charge is -2.17. The van der Waals surface area contributed by atoms with E-state index >= 15 is 0 Å². The zero-order chi connectivity index (χ0) is 13.0. The van der Waals surface area contributed by atoms with Gasteiger partial charge in [-0.25, -0.2) is 9.48 Å². The monoisotopic (exact) mass is 267 g/mol. The summed E-state index contributed by atoms with van der Waals surface area (Å²) in [4.78, 5) is 10.9. The van der Waals surface area contributed by atoms with Gasteiger partial charge in [-0.05, 0) is 16.5 Å².